The van der Waals surface area contributed by atoms with Crippen molar-refractivity contribution >= 4 is 17.5 Å². The van der Waals surface area contributed by atoms with Crippen LogP contribution in [0.15, 0.2) is 66.7 Å². The Morgan fingerprint density at radius 3 is 1.97 bits per heavy atom. The van der Waals surface area contributed by atoms with Crippen molar-refractivity contribution in [3.8, 4) is 0 Å². The summed E-state index contributed by atoms with van der Waals surface area (Å²) in [4.78, 5) is 27.1. The summed E-state index contributed by atoms with van der Waals surface area (Å²) >= 11 is 0. The van der Waals surface area contributed by atoms with Crippen LogP contribution in [0.4, 0.5) is 5.69 Å². The molecule has 146 valence electrons. The summed E-state index contributed by atoms with van der Waals surface area (Å²) in [5.41, 5.74) is 6.39. The van der Waals surface area contributed by atoms with Crippen molar-refractivity contribution < 1.29 is 9.59 Å². The highest BCUT2D eigenvalue weighted by Gasteiger charge is 2.36. The van der Waals surface area contributed by atoms with Crippen LogP contribution in [-0.2, 0) is 12.8 Å². The second-order valence-corrected chi connectivity index (χ2v) is 8.06. The minimum absolute atomic E-state index is 0.237. The summed E-state index contributed by atoms with van der Waals surface area (Å²) in [6, 6.07) is 21.8. The first-order valence-corrected chi connectivity index (χ1v) is 10.1. The minimum Gasteiger partial charge on any atom is -0.268 e. The number of anilines is 1. The molecule has 0 unspecified atom stereocenters. The fraction of sp³-hybridized carbons (Fsp3) is 0.231. The third-order valence-corrected chi connectivity index (χ3v) is 5.59. The Hall–Kier alpha value is -3.20. The molecule has 3 aromatic carbocycles. The molecule has 0 atom stereocenters. The van der Waals surface area contributed by atoms with Crippen LogP contribution in [-0.4, -0.2) is 11.8 Å². The van der Waals surface area contributed by atoms with Gasteiger partial charge in [-0.05, 0) is 66.6 Å². The van der Waals surface area contributed by atoms with Gasteiger partial charge in [-0.25, -0.2) is 4.90 Å². The molecular weight excluding hydrogens is 358 g/mol. The normalized spacial score (nSPS) is 13.3. The van der Waals surface area contributed by atoms with E-state index in [1.165, 1.54) is 21.6 Å². The van der Waals surface area contributed by atoms with Crippen molar-refractivity contribution in [2.24, 2.45) is 0 Å². The van der Waals surface area contributed by atoms with Crippen LogP contribution in [0.3, 0.4) is 0 Å². The molecule has 29 heavy (non-hydrogen) atoms. The Labute approximate surface area is 172 Å². The van der Waals surface area contributed by atoms with Gasteiger partial charge >= 0.3 is 0 Å². The topological polar surface area (TPSA) is 37.4 Å². The lowest BCUT2D eigenvalue weighted by atomic mass is 10.00. The van der Waals surface area contributed by atoms with Crippen molar-refractivity contribution in [2.75, 3.05) is 4.90 Å². The monoisotopic (exact) mass is 383 g/mol. The van der Waals surface area contributed by atoms with E-state index >= 15 is 0 Å². The highest BCUT2D eigenvalue weighted by atomic mass is 16.2. The number of hydrogen-bond acceptors (Lipinski definition) is 2. The quantitative estimate of drug-likeness (QED) is 0.530. The minimum atomic E-state index is -0.243. The van der Waals surface area contributed by atoms with Gasteiger partial charge in [0.15, 0.2) is 0 Å². The maximum Gasteiger partial charge on any atom is 0.266 e. The molecule has 3 heteroatoms. The van der Waals surface area contributed by atoms with Gasteiger partial charge in [-0.1, -0.05) is 61.9 Å². The zero-order chi connectivity index (χ0) is 20.5. The molecule has 0 saturated carbocycles. The molecule has 0 radical (unpaired) electrons. The summed E-state index contributed by atoms with van der Waals surface area (Å²) in [6.07, 6.45) is 1.74. The van der Waals surface area contributed by atoms with Crippen molar-refractivity contribution in [1.29, 1.82) is 0 Å². The number of carbonyl (C=O) groups is 2. The Morgan fingerprint density at radius 2 is 1.31 bits per heavy atom. The molecule has 0 spiro atoms. The van der Waals surface area contributed by atoms with Crippen LogP contribution >= 0.6 is 0 Å². The molecular formula is C26H25NO2. The fourth-order valence-electron chi connectivity index (χ4n) is 3.73. The number of fused-ring (bicyclic) bond motifs is 1. The first-order valence-electron chi connectivity index (χ1n) is 10.1. The SMILES string of the molecule is Cc1ccc(CCc2ccc3c(c2)C(=O)N(c2ccc(C(C)C)cc2)C3=O)cc1. The van der Waals surface area contributed by atoms with E-state index in [1.807, 2.05) is 36.4 Å². The molecule has 1 heterocycles. The number of hydrogen-bond donors (Lipinski definition) is 0. The largest absolute Gasteiger partial charge is 0.268 e. The molecule has 0 saturated heterocycles. The van der Waals surface area contributed by atoms with Crippen LogP contribution in [0.1, 0.15) is 62.7 Å². The molecule has 0 aliphatic carbocycles. The van der Waals surface area contributed by atoms with Gasteiger partial charge in [-0.2, -0.15) is 0 Å². The van der Waals surface area contributed by atoms with E-state index in [1.54, 1.807) is 6.07 Å². The Bertz CT molecular complexity index is 1060. The van der Waals surface area contributed by atoms with Gasteiger partial charge in [-0.15, -0.1) is 0 Å². The van der Waals surface area contributed by atoms with Crippen LogP contribution in [0.25, 0.3) is 0 Å². The number of benzene rings is 3. The first kappa shape index (κ1) is 19.1. The second kappa shape index (κ2) is 7.67. The highest BCUT2D eigenvalue weighted by Crippen LogP contribution is 2.30. The Morgan fingerprint density at radius 1 is 0.724 bits per heavy atom. The average Bonchev–Trinajstić information content (AvgIpc) is 2.97. The van der Waals surface area contributed by atoms with Crippen molar-refractivity contribution in [3.05, 3.63) is 100 Å². The van der Waals surface area contributed by atoms with Crippen LogP contribution in [0, 0.1) is 6.92 Å². The highest BCUT2D eigenvalue weighted by molar-refractivity contribution is 6.34. The molecule has 0 bridgehead atoms. The van der Waals surface area contributed by atoms with Gasteiger partial charge in [0.05, 0.1) is 16.8 Å². The van der Waals surface area contributed by atoms with Gasteiger partial charge in [0.2, 0.25) is 0 Å². The molecule has 3 nitrogen and oxygen atoms in total. The van der Waals surface area contributed by atoms with Gasteiger partial charge in [0.1, 0.15) is 0 Å². The summed E-state index contributed by atoms with van der Waals surface area (Å²) in [6.45, 7) is 6.32. The number of imide groups is 1. The third-order valence-electron chi connectivity index (χ3n) is 5.59. The molecule has 4 rings (SSSR count). The Kier molecular flexibility index (Phi) is 5.06. The van der Waals surface area contributed by atoms with Crippen molar-refractivity contribution in [3.63, 3.8) is 0 Å². The lowest BCUT2D eigenvalue weighted by Crippen LogP contribution is -2.29. The number of nitrogens with zero attached hydrogens (tertiary/aromatic N) is 1. The van der Waals surface area contributed by atoms with Crippen LogP contribution < -0.4 is 4.90 Å². The standard InChI is InChI=1S/C26H25NO2/c1-17(2)21-11-13-22(14-12-21)27-25(28)23-15-10-20(16-24(23)26(27)29)9-8-19-6-4-18(3)5-7-19/h4-7,10-17H,8-9H2,1-3H3. The summed E-state index contributed by atoms with van der Waals surface area (Å²) < 4.78 is 0. The first-order chi connectivity index (χ1) is 13.9. The lowest BCUT2D eigenvalue weighted by Gasteiger charge is -2.15. The molecule has 1 aliphatic heterocycles. The number of aryl methyl sites for hydroxylation is 3. The van der Waals surface area contributed by atoms with Gasteiger partial charge in [0.25, 0.3) is 11.8 Å². The second-order valence-electron chi connectivity index (χ2n) is 8.06. The smallest absolute Gasteiger partial charge is 0.266 e. The summed E-state index contributed by atoms with van der Waals surface area (Å²) in [5.74, 6) is -0.0748. The molecule has 0 fully saturated rings. The molecule has 2 amide bonds. The Balaban J connectivity index is 1.55. The third kappa shape index (κ3) is 3.73. The maximum absolute atomic E-state index is 13.0. The van der Waals surface area contributed by atoms with Gasteiger partial charge in [0, 0.05) is 0 Å². The molecule has 0 aromatic heterocycles. The van der Waals surface area contributed by atoms with Crippen LogP contribution in [0.5, 0.6) is 0 Å². The van der Waals surface area contributed by atoms with E-state index in [4.69, 9.17) is 0 Å². The number of rotatable bonds is 5. The lowest BCUT2D eigenvalue weighted by molar-refractivity contribution is 0.0926. The summed E-state index contributed by atoms with van der Waals surface area (Å²) in [7, 11) is 0. The molecule has 0 N–H and O–H groups in total. The van der Waals surface area contributed by atoms with E-state index in [0.717, 1.165) is 18.4 Å². The van der Waals surface area contributed by atoms with Gasteiger partial charge < -0.3 is 0 Å². The predicted molar refractivity (Wildman–Crippen MR) is 117 cm³/mol. The van der Waals surface area contributed by atoms with Gasteiger partial charge in [-0.3, -0.25) is 9.59 Å². The fourth-order valence-corrected chi connectivity index (χ4v) is 3.73. The molecule has 3 aromatic rings. The molecule has 1 aliphatic rings. The van der Waals surface area contributed by atoms with Crippen LogP contribution in [0.2, 0.25) is 0 Å². The van der Waals surface area contributed by atoms with E-state index in [-0.39, 0.29) is 11.8 Å². The summed E-state index contributed by atoms with van der Waals surface area (Å²) in [5, 5.41) is 0. The average molecular weight is 383 g/mol. The van der Waals surface area contributed by atoms with Crippen molar-refractivity contribution in [2.45, 2.75) is 39.5 Å². The number of carbonyl (C=O) groups excluding carboxylic acids is 2. The van der Waals surface area contributed by atoms with Crippen molar-refractivity contribution in [1.82, 2.24) is 0 Å². The van der Waals surface area contributed by atoms with E-state index in [9.17, 15) is 9.59 Å². The predicted octanol–water partition coefficient (Wildman–Crippen LogP) is 5.70. The van der Waals surface area contributed by atoms with E-state index in [2.05, 4.69) is 45.0 Å². The maximum atomic E-state index is 13.0. The zero-order valence-electron chi connectivity index (χ0n) is 17.1. The van der Waals surface area contributed by atoms with E-state index < -0.39 is 0 Å². The zero-order valence-corrected chi connectivity index (χ0v) is 17.1. The number of amides is 2. The van der Waals surface area contributed by atoms with E-state index in [0.29, 0.717) is 22.7 Å².